The number of aryl methyl sites for hydroxylation is 1. The lowest BCUT2D eigenvalue weighted by Gasteiger charge is -2.38. The lowest BCUT2D eigenvalue weighted by atomic mass is 9.83. The maximum absolute atomic E-state index is 16.1. The Kier molecular flexibility index (Phi) is 9.54. The Morgan fingerprint density at radius 3 is 2.61 bits per heavy atom. The van der Waals surface area contributed by atoms with Crippen LogP contribution in [-0.4, -0.2) is 77.3 Å². The summed E-state index contributed by atoms with van der Waals surface area (Å²) in [6.45, 7) is 1.84. The Bertz CT molecular complexity index is 2310. The first-order valence-electron chi connectivity index (χ1n) is 18.3. The zero-order chi connectivity index (χ0) is 37.7. The molecule has 282 valence electrons. The predicted octanol–water partition coefficient (Wildman–Crippen LogP) is 5.21. The third-order valence-corrected chi connectivity index (χ3v) is 11.3. The third kappa shape index (κ3) is 6.78. The van der Waals surface area contributed by atoms with Crippen LogP contribution in [0.1, 0.15) is 91.1 Å². The SMILES string of the molecule is Cn1c(=O)n(C2CCC(=O)NC2=O)c2cccc([C@@H]3CCN(CC4CCC(n5cc6cc(NC(=O)c7cncc(C(F)F)n7)ccc6n5)CC4)C[C@H]3F)c21. The number of nitrogens with zero attached hydrogens (tertiary/aromatic N) is 7. The van der Waals surface area contributed by atoms with E-state index < -0.39 is 42.1 Å². The number of likely N-dealkylation sites (tertiary alicyclic amines) is 1. The molecule has 8 rings (SSSR count). The van der Waals surface area contributed by atoms with E-state index in [0.29, 0.717) is 35.6 Å². The van der Waals surface area contributed by atoms with Crippen LogP contribution in [0.3, 0.4) is 0 Å². The Labute approximate surface area is 307 Å². The molecule has 13 nitrogen and oxygen atoms in total. The second-order valence-electron chi connectivity index (χ2n) is 14.7. The number of benzene rings is 2. The van der Waals surface area contributed by atoms with Crippen molar-refractivity contribution in [2.75, 3.05) is 25.0 Å². The molecule has 3 aliphatic rings. The van der Waals surface area contributed by atoms with Crippen LogP contribution >= 0.6 is 0 Å². The van der Waals surface area contributed by atoms with Crippen molar-refractivity contribution in [2.24, 2.45) is 13.0 Å². The average Bonchev–Trinajstić information content (AvgIpc) is 3.70. The van der Waals surface area contributed by atoms with Crippen molar-refractivity contribution in [3.05, 3.63) is 82.4 Å². The zero-order valence-corrected chi connectivity index (χ0v) is 29.6. The molecule has 1 unspecified atom stereocenters. The fourth-order valence-corrected chi connectivity index (χ4v) is 8.54. The molecule has 1 aliphatic carbocycles. The number of amides is 3. The number of carbonyl (C=O) groups excluding carboxylic acids is 3. The van der Waals surface area contributed by atoms with E-state index in [0.717, 1.165) is 67.6 Å². The van der Waals surface area contributed by atoms with Gasteiger partial charge in [-0.05, 0) is 80.8 Å². The summed E-state index contributed by atoms with van der Waals surface area (Å²) in [5.74, 6) is -1.45. The summed E-state index contributed by atoms with van der Waals surface area (Å²) in [4.78, 5) is 60.1. The number of imidazole rings is 1. The van der Waals surface area contributed by atoms with Gasteiger partial charge in [-0.15, -0.1) is 0 Å². The predicted molar refractivity (Wildman–Crippen MR) is 193 cm³/mol. The highest BCUT2D eigenvalue weighted by Crippen LogP contribution is 2.38. The van der Waals surface area contributed by atoms with Crippen LogP contribution in [-0.2, 0) is 16.6 Å². The number of alkyl halides is 3. The number of fused-ring (bicyclic) bond motifs is 2. The van der Waals surface area contributed by atoms with E-state index in [1.807, 2.05) is 23.0 Å². The lowest BCUT2D eigenvalue weighted by molar-refractivity contribution is -0.135. The molecule has 0 radical (unpaired) electrons. The molecule has 5 aromatic rings. The second kappa shape index (κ2) is 14.5. The van der Waals surface area contributed by atoms with E-state index in [-0.39, 0.29) is 36.2 Å². The van der Waals surface area contributed by atoms with Crippen LogP contribution in [0.2, 0.25) is 0 Å². The monoisotopic (exact) mass is 743 g/mol. The van der Waals surface area contributed by atoms with Gasteiger partial charge in [0.25, 0.3) is 12.3 Å². The molecule has 2 saturated heterocycles. The molecule has 2 N–H and O–H groups in total. The Hall–Kier alpha value is -5.38. The van der Waals surface area contributed by atoms with Gasteiger partial charge in [-0.25, -0.2) is 22.9 Å². The van der Waals surface area contributed by atoms with E-state index in [2.05, 4.69) is 25.5 Å². The minimum absolute atomic E-state index is 0.152. The number of nitrogens with one attached hydrogen (secondary N) is 2. The van der Waals surface area contributed by atoms with Gasteiger partial charge in [-0.3, -0.25) is 38.5 Å². The third-order valence-electron chi connectivity index (χ3n) is 11.3. The number of para-hydroxylation sites is 1. The molecule has 2 aliphatic heterocycles. The first-order valence-corrected chi connectivity index (χ1v) is 18.3. The molecule has 5 heterocycles. The number of imide groups is 1. The quantitative estimate of drug-likeness (QED) is 0.206. The average molecular weight is 744 g/mol. The van der Waals surface area contributed by atoms with E-state index in [4.69, 9.17) is 5.10 Å². The van der Waals surface area contributed by atoms with Crippen molar-refractivity contribution < 1.29 is 27.6 Å². The first kappa shape index (κ1) is 35.6. The van der Waals surface area contributed by atoms with Gasteiger partial charge in [0.05, 0.1) is 35.0 Å². The van der Waals surface area contributed by atoms with Gasteiger partial charge in [-0.1, -0.05) is 12.1 Å². The van der Waals surface area contributed by atoms with E-state index >= 15 is 4.39 Å². The minimum Gasteiger partial charge on any atom is -0.321 e. The van der Waals surface area contributed by atoms with Crippen molar-refractivity contribution in [1.29, 1.82) is 0 Å². The molecule has 3 aromatic heterocycles. The maximum Gasteiger partial charge on any atom is 0.329 e. The van der Waals surface area contributed by atoms with Crippen molar-refractivity contribution >= 4 is 45.3 Å². The topological polar surface area (TPSA) is 149 Å². The largest absolute Gasteiger partial charge is 0.329 e. The van der Waals surface area contributed by atoms with Gasteiger partial charge < -0.3 is 10.2 Å². The molecule has 3 fully saturated rings. The van der Waals surface area contributed by atoms with E-state index in [9.17, 15) is 28.0 Å². The second-order valence-corrected chi connectivity index (χ2v) is 14.7. The summed E-state index contributed by atoms with van der Waals surface area (Å²) >= 11 is 0. The number of piperidine rings is 2. The highest BCUT2D eigenvalue weighted by Gasteiger charge is 2.36. The van der Waals surface area contributed by atoms with Crippen LogP contribution < -0.4 is 16.3 Å². The van der Waals surface area contributed by atoms with E-state index in [1.165, 1.54) is 9.13 Å². The number of halogens is 3. The Morgan fingerprint density at radius 1 is 1.04 bits per heavy atom. The summed E-state index contributed by atoms with van der Waals surface area (Å²) in [5.41, 5.74) is 2.11. The van der Waals surface area contributed by atoms with Crippen LogP contribution in [0.25, 0.3) is 21.9 Å². The number of carbonyl (C=O) groups is 3. The summed E-state index contributed by atoms with van der Waals surface area (Å²) < 4.78 is 47.0. The Balaban J connectivity index is 0.874. The maximum atomic E-state index is 16.1. The van der Waals surface area contributed by atoms with Crippen LogP contribution in [0.4, 0.5) is 18.9 Å². The standard InChI is InChI=1S/C38H40F3N9O4/c1-47-34-26(3-2-4-31(34)50(38(47)54)32-11-12-33(51)45-37(32)53)25-13-14-48(20-27(25)39)18-21-5-8-24(9-6-21)49-19-22-15-23(7-10-28(22)46-49)43-36(52)30-17-42-16-29(44-30)35(40)41/h2-4,7,10,15-17,19,21,24-25,27,32,35H,5-6,8-9,11-14,18,20H2,1H3,(H,43,52)(H,45,51,53)/t21?,24?,25-,27+,32?/m0/s1. The summed E-state index contributed by atoms with van der Waals surface area (Å²) in [6, 6.07) is 10.2. The van der Waals surface area contributed by atoms with Crippen molar-refractivity contribution in [1.82, 2.24) is 39.1 Å². The fraction of sp³-hybridized carbons (Fsp3) is 0.447. The Morgan fingerprint density at radius 2 is 1.85 bits per heavy atom. The van der Waals surface area contributed by atoms with Gasteiger partial charge in [0.15, 0.2) is 0 Å². The van der Waals surface area contributed by atoms with Crippen molar-refractivity contribution in [3.63, 3.8) is 0 Å². The van der Waals surface area contributed by atoms with E-state index in [1.54, 1.807) is 31.3 Å². The number of hydrogen-bond acceptors (Lipinski definition) is 8. The summed E-state index contributed by atoms with van der Waals surface area (Å²) in [6.07, 6.45) is 4.89. The number of aromatic nitrogens is 6. The minimum atomic E-state index is -2.83. The molecule has 1 saturated carbocycles. The molecule has 2 aromatic carbocycles. The van der Waals surface area contributed by atoms with Gasteiger partial charge in [0, 0.05) is 49.7 Å². The van der Waals surface area contributed by atoms with Crippen molar-refractivity contribution in [2.45, 2.75) is 75.5 Å². The zero-order valence-electron chi connectivity index (χ0n) is 29.6. The van der Waals surface area contributed by atoms with Gasteiger partial charge >= 0.3 is 5.69 Å². The molecular formula is C38H40F3N9O4. The number of rotatable bonds is 8. The molecule has 3 atom stereocenters. The van der Waals surface area contributed by atoms with Crippen molar-refractivity contribution in [3.8, 4) is 0 Å². The molecule has 54 heavy (non-hydrogen) atoms. The smallest absolute Gasteiger partial charge is 0.321 e. The van der Waals surface area contributed by atoms with Crippen LogP contribution in [0, 0.1) is 5.92 Å². The molecule has 3 amide bonds. The molecule has 0 bridgehead atoms. The lowest BCUT2D eigenvalue weighted by Crippen LogP contribution is -2.44. The number of anilines is 1. The number of hydrogen-bond donors (Lipinski definition) is 2. The molecular weight excluding hydrogens is 703 g/mol. The fourth-order valence-electron chi connectivity index (χ4n) is 8.54. The van der Waals surface area contributed by atoms with Gasteiger partial charge in [-0.2, -0.15) is 5.10 Å². The summed E-state index contributed by atoms with van der Waals surface area (Å²) in [7, 11) is 1.65. The van der Waals surface area contributed by atoms with Gasteiger partial charge in [0.1, 0.15) is 23.6 Å². The molecule has 16 heteroatoms. The van der Waals surface area contributed by atoms with Crippen LogP contribution in [0.15, 0.2) is 59.8 Å². The van der Waals surface area contributed by atoms with Crippen LogP contribution in [0.5, 0.6) is 0 Å². The van der Waals surface area contributed by atoms with Gasteiger partial charge in [0.2, 0.25) is 11.8 Å². The summed E-state index contributed by atoms with van der Waals surface area (Å²) in [5, 5.41) is 10.7. The normalized spacial score (nSPS) is 24.0. The molecule has 0 spiro atoms. The highest BCUT2D eigenvalue weighted by molar-refractivity contribution is 6.03. The first-order chi connectivity index (χ1) is 26.0. The highest BCUT2D eigenvalue weighted by atomic mass is 19.3.